The Balaban J connectivity index is 2.75. The smallest absolute Gasteiger partial charge is 0.295 e. The lowest BCUT2D eigenvalue weighted by Gasteiger charge is -2.33. The van der Waals surface area contributed by atoms with Gasteiger partial charge >= 0.3 is 6.18 Å². The van der Waals surface area contributed by atoms with Crippen LogP contribution in [0.1, 0.15) is 33.1 Å². The topological polar surface area (TPSA) is 17.1 Å². The molecule has 0 radical (unpaired) electrons. The van der Waals surface area contributed by atoms with Crippen molar-refractivity contribution in [3.63, 3.8) is 0 Å². The van der Waals surface area contributed by atoms with Crippen LogP contribution in [-0.4, -0.2) is 16.8 Å². The fourth-order valence-electron chi connectivity index (χ4n) is 1.90. The van der Waals surface area contributed by atoms with Gasteiger partial charge < -0.3 is 0 Å². The molecule has 2 atom stereocenters. The van der Waals surface area contributed by atoms with Crippen molar-refractivity contribution in [2.24, 2.45) is 5.92 Å². The molecular formula is C11H14ClF3O. The molecular weight excluding hydrogens is 241 g/mol. The van der Waals surface area contributed by atoms with Gasteiger partial charge in [-0.15, -0.1) is 11.6 Å². The maximum absolute atomic E-state index is 12.3. The van der Waals surface area contributed by atoms with Gasteiger partial charge in [-0.05, 0) is 31.8 Å². The Morgan fingerprint density at radius 3 is 2.50 bits per heavy atom. The maximum atomic E-state index is 12.3. The highest BCUT2D eigenvalue weighted by molar-refractivity contribution is 6.24. The monoisotopic (exact) mass is 254 g/mol. The van der Waals surface area contributed by atoms with Crippen LogP contribution >= 0.6 is 11.6 Å². The highest BCUT2D eigenvalue weighted by Gasteiger charge is 2.44. The molecule has 0 N–H and O–H groups in total. The Labute approximate surface area is 97.7 Å². The van der Waals surface area contributed by atoms with Crippen LogP contribution in [0.3, 0.4) is 0 Å². The van der Waals surface area contributed by atoms with Gasteiger partial charge in [0.05, 0.1) is 11.3 Å². The Kier molecular flexibility index (Phi) is 3.72. The minimum atomic E-state index is -4.30. The van der Waals surface area contributed by atoms with Gasteiger partial charge in [-0.3, -0.25) is 4.79 Å². The molecule has 0 saturated heterocycles. The average Bonchev–Trinajstić information content (AvgIpc) is 2.05. The zero-order valence-electron chi connectivity index (χ0n) is 9.20. The molecule has 0 amide bonds. The summed E-state index contributed by atoms with van der Waals surface area (Å²) in [5.41, 5.74) is 0.621. The first-order valence-corrected chi connectivity index (χ1v) is 5.45. The molecule has 0 saturated carbocycles. The highest BCUT2D eigenvalue weighted by Crippen LogP contribution is 2.42. The highest BCUT2D eigenvalue weighted by atomic mass is 35.5. The van der Waals surface area contributed by atoms with Gasteiger partial charge in [0.2, 0.25) is 0 Å². The first kappa shape index (κ1) is 13.6. The molecule has 0 heterocycles. The number of hydrogen-bond acceptors (Lipinski definition) is 1. The number of halogens is 4. The summed E-state index contributed by atoms with van der Waals surface area (Å²) in [6, 6.07) is 0. The van der Waals surface area contributed by atoms with Crippen molar-refractivity contribution in [1.29, 1.82) is 0 Å². The van der Waals surface area contributed by atoms with Crippen LogP contribution in [0, 0.1) is 5.92 Å². The fraction of sp³-hybridized carbons (Fsp3) is 0.727. The lowest BCUT2D eigenvalue weighted by molar-refractivity contribution is -0.144. The summed E-state index contributed by atoms with van der Waals surface area (Å²) in [7, 11) is 0. The first-order valence-electron chi connectivity index (χ1n) is 5.07. The van der Waals surface area contributed by atoms with Crippen LogP contribution in [0.25, 0.3) is 0 Å². The SMILES string of the molecule is CC1=CC[C@H](C(C)(Cl)CC(F)(F)F)CC1=O. The predicted octanol–water partition coefficient (Wildman–Crippen LogP) is 3.86. The van der Waals surface area contributed by atoms with Gasteiger partial charge in [-0.25, -0.2) is 0 Å². The molecule has 92 valence electrons. The van der Waals surface area contributed by atoms with E-state index in [4.69, 9.17) is 11.6 Å². The second-order valence-electron chi connectivity index (χ2n) is 4.52. The van der Waals surface area contributed by atoms with E-state index in [1.54, 1.807) is 13.0 Å². The van der Waals surface area contributed by atoms with Crippen LogP contribution < -0.4 is 0 Å². The van der Waals surface area contributed by atoms with E-state index in [-0.39, 0.29) is 12.2 Å². The van der Waals surface area contributed by atoms with Crippen LogP contribution in [0.4, 0.5) is 13.2 Å². The quantitative estimate of drug-likeness (QED) is 0.684. The fourth-order valence-corrected chi connectivity index (χ4v) is 2.21. The summed E-state index contributed by atoms with van der Waals surface area (Å²) in [6.07, 6.45) is -3.14. The molecule has 0 aromatic rings. The van der Waals surface area contributed by atoms with Crippen LogP contribution in [0.2, 0.25) is 0 Å². The van der Waals surface area contributed by atoms with E-state index in [2.05, 4.69) is 0 Å². The molecule has 0 fully saturated rings. The molecule has 1 unspecified atom stereocenters. The lowest BCUT2D eigenvalue weighted by Crippen LogP contribution is -2.36. The molecule has 0 spiro atoms. The normalized spacial score (nSPS) is 26.2. The molecule has 0 aromatic heterocycles. The molecule has 1 aliphatic carbocycles. The van der Waals surface area contributed by atoms with Gasteiger partial charge in [-0.2, -0.15) is 13.2 Å². The second-order valence-corrected chi connectivity index (χ2v) is 5.38. The molecule has 5 heteroatoms. The third-order valence-electron chi connectivity index (χ3n) is 2.98. The summed E-state index contributed by atoms with van der Waals surface area (Å²) < 4.78 is 36.9. The molecule has 1 aliphatic rings. The van der Waals surface area contributed by atoms with E-state index in [0.29, 0.717) is 12.0 Å². The van der Waals surface area contributed by atoms with Crippen LogP contribution in [-0.2, 0) is 4.79 Å². The summed E-state index contributed by atoms with van der Waals surface area (Å²) in [6.45, 7) is 3.03. The van der Waals surface area contributed by atoms with Gasteiger partial charge in [-0.1, -0.05) is 6.08 Å². The predicted molar refractivity (Wildman–Crippen MR) is 56.4 cm³/mol. The minimum Gasteiger partial charge on any atom is -0.295 e. The molecule has 0 aromatic carbocycles. The first-order chi connectivity index (χ1) is 7.12. The van der Waals surface area contributed by atoms with E-state index >= 15 is 0 Å². The number of carbonyl (C=O) groups excluding carboxylic acids is 1. The van der Waals surface area contributed by atoms with Crippen LogP contribution in [0.5, 0.6) is 0 Å². The Hall–Kier alpha value is -0.510. The Morgan fingerprint density at radius 1 is 1.50 bits per heavy atom. The van der Waals surface area contributed by atoms with Crippen molar-refractivity contribution >= 4 is 17.4 Å². The van der Waals surface area contributed by atoms with Crippen molar-refractivity contribution in [3.8, 4) is 0 Å². The van der Waals surface area contributed by atoms with Crippen molar-refractivity contribution in [2.45, 2.75) is 44.2 Å². The third kappa shape index (κ3) is 3.51. The third-order valence-corrected chi connectivity index (χ3v) is 3.42. The molecule has 0 bridgehead atoms. The van der Waals surface area contributed by atoms with Gasteiger partial charge in [0, 0.05) is 6.42 Å². The van der Waals surface area contributed by atoms with E-state index in [1.807, 2.05) is 0 Å². The number of rotatable bonds is 2. The van der Waals surface area contributed by atoms with E-state index in [9.17, 15) is 18.0 Å². The maximum Gasteiger partial charge on any atom is 0.390 e. The summed E-state index contributed by atoms with van der Waals surface area (Å²) >= 11 is 5.91. The van der Waals surface area contributed by atoms with E-state index < -0.39 is 23.4 Å². The van der Waals surface area contributed by atoms with Crippen molar-refractivity contribution < 1.29 is 18.0 Å². The number of Topliss-reactive ketones (excluding diaryl/α,β-unsaturated/α-hetero) is 1. The van der Waals surface area contributed by atoms with Gasteiger partial charge in [0.1, 0.15) is 0 Å². The largest absolute Gasteiger partial charge is 0.390 e. The molecule has 1 rings (SSSR count). The number of allylic oxidation sites excluding steroid dienone is 2. The Bertz CT molecular complexity index is 318. The zero-order valence-corrected chi connectivity index (χ0v) is 9.95. The standard InChI is InChI=1S/C11H14ClF3O/c1-7-3-4-8(5-9(7)16)10(2,12)6-11(13,14)15/h3,8H,4-6H2,1-2H3/t8-,10?/m0/s1. The van der Waals surface area contributed by atoms with E-state index in [1.165, 1.54) is 6.92 Å². The number of hydrogen-bond donors (Lipinski definition) is 0. The second kappa shape index (κ2) is 4.40. The molecule has 0 aliphatic heterocycles. The molecule has 16 heavy (non-hydrogen) atoms. The van der Waals surface area contributed by atoms with Gasteiger partial charge in [0.15, 0.2) is 5.78 Å². The summed E-state index contributed by atoms with van der Waals surface area (Å²) in [4.78, 5) is 10.0. The van der Waals surface area contributed by atoms with Crippen molar-refractivity contribution in [2.75, 3.05) is 0 Å². The van der Waals surface area contributed by atoms with Crippen molar-refractivity contribution in [1.82, 2.24) is 0 Å². The summed E-state index contributed by atoms with van der Waals surface area (Å²) in [5, 5.41) is 0. The zero-order chi connectivity index (χ0) is 12.6. The number of alkyl halides is 4. The average molecular weight is 255 g/mol. The number of ketones is 1. The summed E-state index contributed by atoms with van der Waals surface area (Å²) in [5.74, 6) is -0.544. The minimum absolute atomic E-state index is 0.106. The van der Waals surface area contributed by atoms with Gasteiger partial charge in [0.25, 0.3) is 0 Å². The Morgan fingerprint density at radius 2 is 2.06 bits per heavy atom. The molecule has 1 nitrogen and oxygen atoms in total. The van der Waals surface area contributed by atoms with Crippen LogP contribution in [0.15, 0.2) is 11.6 Å². The lowest BCUT2D eigenvalue weighted by atomic mass is 9.79. The van der Waals surface area contributed by atoms with E-state index in [0.717, 1.165) is 0 Å². The van der Waals surface area contributed by atoms with Crippen molar-refractivity contribution in [3.05, 3.63) is 11.6 Å². The number of carbonyl (C=O) groups is 1.